The Morgan fingerprint density at radius 3 is 2.24 bits per heavy atom. The summed E-state index contributed by atoms with van der Waals surface area (Å²) < 4.78 is 28.3. The van der Waals surface area contributed by atoms with E-state index in [0.29, 0.717) is 6.54 Å². The first-order chi connectivity index (χ1) is 7.99. The van der Waals surface area contributed by atoms with Gasteiger partial charge in [-0.1, -0.05) is 12.1 Å². The number of hydrogen-bond acceptors (Lipinski definition) is 4. The summed E-state index contributed by atoms with van der Waals surface area (Å²) in [7, 11) is -1.41. The van der Waals surface area contributed by atoms with Crippen molar-refractivity contribution < 1.29 is 13.2 Å². The molecule has 0 amide bonds. The van der Waals surface area contributed by atoms with Crippen LogP contribution in [0.15, 0.2) is 24.3 Å². The lowest BCUT2D eigenvalue weighted by Crippen LogP contribution is -2.11. The third kappa shape index (κ3) is 2.30. The Balaban J connectivity index is 2.23. The van der Waals surface area contributed by atoms with Gasteiger partial charge in [-0.05, 0) is 30.2 Å². The van der Waals surface area contributed by atoms with Crippen LogP contribution in [-0.4, -0.2) is 33.6 Å². The summed E-state index contributed by atoms with van der Waals surface area (Å²) >= 11 is 0. The molecular weight excluding hydrogens is 238 g/mol. The molecule has 17 heavy (non-hydrogen) atoms. The SMILES string of the molecule is COc1ccc([C@@H]2[C@@H](CN)[C@@H]2S(C)(=O)=O)cc1. The number of nitrogens with two attached hydrogens (primary N) is 1. The highest BCUT2D eigenvalue weighted by Gasteiger charge is 2.55. The Morgan fingerprint density at radius 1 is 1.29 bits per heavy atom. The van der Waals surface area contributed by atoms with Gasteiger partial charge < -0.3 is 10.5 Å². The first-order valence-electron chi connectivity index (χ1n) is 5.52. The van der Waals surface area contributed by atoms with E-state index < -0.39 is 9.84 Å². The molecule has 1 aromatic carbocycles. The van der Waals surface area contributed by atoms with E-state index in [1.807, 2.05) is 24.3 Å². The molecule has 1 aromatic rings. The molecule has 3 atom stereocenters. The molecule has 0 heterocycles. The lowest BCUT2D eigenvalue weighted by Gasteiger charge is -2.02. The Bertz CT molecular complexity index is 495. The summed E-state index contributed by atoms with van der Waals surface area (Å²) in [4.78, 5) is 0. The van der Waals surface area contributed by atoms with Crippen molar-refractivity contribution >= 4 is 9.84 Å². The average molecular weight is 255 g/mol. The van der Waals surface area contributed by atoms with E-state index >= 15 is 0 Å². The summed E-state index contributed by atoms with van der Waals surface area (Å²) in [5.41, 5.74) is 6.64. The molecule has 0 aromatic heterocycles. The quantitative estimate of drug-likeness (QED) is 0.863. The lowest BCUT2D eigenvalue weighted by atomic mass is 10.1. The Morgan fingerprint density at radius 2 is 1.88 bits per heavy atom. The van der Waals surface area contributed by atoms with Gasteiger partial charge in [0.1, 0.15) is 5.75 Å². The molecule has 4 nitrogen and oxygen atoms in total. The minimum atomic E-state index is -3.02. The van der Waals surface area contributed by atoms with Crippen LogP contribution in [0.2, 0.25) is 0 Å². The molecule has 0 bridgehead atoms. The van der Waals surface area contributed by atoms with Gasteiger partial charge in [-0.2, -0.15) is 0 Å². The molecule has 1 aliphatic carbocycles. The van der Waals surface area contributed by atoms with Crippen LogP contribution in [-0.2, 0) is 9.84 Å². The molecule has 0 spiro atoms. The van der Waals surface area contributed by atoms with Crippen molar-refractivity contribution in [2.75, 3.05) is 19.9 Å². The highest BCUT2D eigenvalue weighted by atomic mass is 32.2. The molecule has 5 heteroatoms. The number of sulfone groups is 1. The van der Waals surface area contributed by atoms with E-state index in [2.05, 4.69) is 0 Å². The third-order valence-electron chi connectivity index (χ3n) is 3.36. The summed E-state index contributed by atoms with van der Waals surface area (Å²) in [6.07, 6.45) is 1.28. The largest absolute Gasteiger partial charge is 0.497 e. The highest BCUT2D eigenvalue weighted by molar-refractivity contribution is 7.91. The van der Waals surface area contributed by atoms with E-state index in [0.717, 1.165) is 11.3 Å². The van der Waals surface area contributed by atoms with E-state index in [4.69, 9.17) is 10.5 Å². The van der Waals surface area contributed by atoms with Crippen LogP contribution in [0.4, 0.5) is 0 Å². The van der Waals surface area contributed by atoms with Gasteiger partial charge in [0.2, 0.25) is 0 Å². The van der Waals surface area contributed by atoms with Gasteiger partial charge in [-0.25, -0.2) is 8.42 Å². The number of benzene rings is 1. The summed E-state index contributed by atoms with van der Waals surface area (Å²) in [6.45, 7) is 0.411. The molecular formula is C12H17NO3S. The number of hydrogen-bond donors (Lipinski definition) is 1. The fourth-order valence-corrected chi connectivity index (χ4v) is 4.19. The molecule has 2 N–H and O–H groups in total. The molecule has 1 saturated carbocycles. The molecule has 1 aliphatic rings. The second kappa shape index (κ2) is 4.31. The molecule has 0 aliphatic heterocycles. The Hall–Kier alpha value is -1.07. The minimum absolute atomic E-state index is 0.0425. The predicted octanol–water partition coefficient (Wildman–Crippen LogP) is 0.780. The van der Waals surface area contributed by atoms with Gasteiger partial charge in [-0.15, -0.1) is 0 Å². The van der Waals surface area contributed by atoms with E-state index in [9.17, 15) is 8.42 Å². The van der Waals surface area contributed by atoms with Crippen molar-refractivity contribution in [3.63, 3.8) is 0 Å². The molecule has 0 unspecified atom stereocenters. The topological polar surface area (TPSA) is 69.4 Å². The minimum Gasteiger partial charge on any atom is -0.497 e. The average Bonchev–Trinajstić information content (AvgIpc) is 3.03. The van der Waals surface area contributed by atoms with Crippen LogP contribution in [0.25, 0.3) is 0 Å². The fourth-order valence-electron chi connectivity index (χ4n) is 2.47. The maximum absolute atomic E-state index is 11.6. The number of ether oxygens (including phenoxy) is 1. The van der Waals surface area contributed by atoms with Crippen LogP contribution in [0.5, 0.6) is 5.75 Å². The van der Waals surface area contributed by atoms with Crippen LogP contribution in [0.3, 0.4) is 0 Å². The van der Waals surface area contributed by atoms with Gasteiger partial charge in [0, 0.05) is 12.2 Å². The zero-order valence-electron chi connectivity index (χ0n) is 9.96. The van der Waals surface area contributed by atoms with Crippen LogP contribution in [0.1, 0.15) is 11.5 Å². The molecule has 94 valence electrons. The summed E-state index contributed by atoms with van der Waals surface area (Å²) in [6, 6.07) is 7.52. The van der Waals surface area contributed by atoms with Gasteiger partial charge in [0.25, 0.3) is 0 Å². The first kappa shape index (κ1) is 12.4. The van der Waals surface area contributed by atoms with Gasteiger partial charge in [-0.3, -0.25) is 0 Å². The van der Waals surface area contributed by atoms with Crippen LogP contribution < -0.4 is 10.5 Å². The van der Waals surface area contributed by atoms with Crippen molar-refractivity contribution in [3.05, 3.63) is 29.8 Å². The fraction of sp³-hybridized carbons (Fsp3) is 0.500. The lowest BCUT2D eigenvalue weighted by molar-refractivity contribution is 0.414. The van der Waals surface area contributed by atoms with E-state index in [-0.39, 0.29) is 17.1 Å². The first-order valence-corrected chi connectivity index (χ1v) is 7.47. The maximum Gasteiger partial charge on any atom is 0.151 e. The second-order valence-electron chi connectivity index (χ2n) is 4.49. The molecule has 1 fully saturated rings. The second-order valence-corrected chi connectivity index (χ2v) is 6.70. The normalized spacial score (nSPS) is 27.8. The molecule has 0 radical (unpaired) electrons. The van der Waals surface area contributed by atoms with Crippen LogP contribution in [0, 0.1) is 5.92 Å². The number of rotatable bonds is 4. The summed E-state index contributed by atoms with van der Waals surface area (Å²) in [5.74, 6) is 0.869. The van der Waals surface area contributed by atoms with Crippen molar-refractivity contribution in [1.29, 1.82) is 0 Å². The van der Waals surface area contributed by atoms with Gasteiger partial charge in [0.05, 0.1) is 12.4 Å². The molecule has 0 saturated heterocycles. The highest BCUT2D eigenvalue weighted by Crippen LogP contribution is 2.51. The zero-order valence-corrected chi connectivity index (χ0v) is 10.8. The Labute approximate surface area is 102 Å². The third-order valence-corrected chi connectivity index (χ3v) is 5.00. The maximum atomic E-state index is 11.6. The smallest absolute Gasteiger partial charge is 0.151 e. The van der Waals surface area contributed by atoms with Crippen molar-refractivity contribution in [3.8, 4) is 5.75 Å². The van der Waals surface area contributed by atoms with Gasteiger partial charge in [0.15, 0.2) is 9.84 Å². The van der Waals surface area contributed by atoms with Crippen LogP contribution >= 0.6 is 0 Å². The zero-order chi connectivity index (χ0) is 12.6. The van der Waals surface area contributed by atoms with E-state index in [1.165, 1.54) is 6.26 Å². The monoisotopic (exact) mass is 255 g/mol. The van der Waals surface area contributed by atoms with Crippen molar-refractivity contribution in [2.45, 2.75) is 11.2 Å². The standard InChI is InChI=1S/C12H17NO3S/c1-16-9-5-3-8(4-6-9)11-10(7-13)12(11)17(2,14)15/h3-6,10-12H,7,13H2,1-2H3/t10-,11-,12+/m1/s1. The van der Waals surface area contributed by atoms with Gasteiger partial charge >= 0.3 is 0 Å². The predicted molar refractivity (Wildman–Crippen MR) is 66.9 cm³/mol. The van der Waals surface area contributed by atoms with Crippen molar-refractivity contribution in [2.24, 2.45) is 11.7 Å². The summed E-state index contributed by atoms with van der Waals surface area (Å²) in [5, 5.41) is -0.319. The molecule has 2 rings (SSSR count). The van der Waals surface area contributed by atoms with E-state index in [1.54, 1.807) is 7.11 Å². The Kier molecular flexibility index (Phi) is 3.14. The number of methoxy groups -OCH3 is 1. The van der Waals surface area contributed by atoms with Crippen molar-refractivity contribution in [1.82, 2.24) is 0 Å².